The Hall–Kier alpha value is -4.85. The van der Waals surface area contributed by atoms with Gasteiger partial charge in [-0.15, -0.1) is 0 Å². The van der Waals surface area contributed by atoms with Gasteiger partial charge >= 0.3 is 0 Å². The van der Waals surface area contributed by atoms with Crippen molar-refractivity contribution in [2.24, 2.45) is 0 Å². The molecule has 0 amide bonds. The third kappa shape index (κ3) is 3.70. The summed E-state index contributed by atoms with van der Waals surface area (Å²) in [7, 11) is -3.06. The van der Waals surface area contributed by atoms with E-state index in [0.29, 0.717) is 0 Å². The van der Waals surface area contributed by atoms with E-state index in [4.69, 9.17) is 4.74 Å². The van der Waals surface area contributed by atoms with E-state index in [-0.39, 0.29) is 0 Å². The van der Waals surface area contributed by atoms with E-state index in [1.807, 2.05) is 91.0 Å². The lowest BCUT2D eigenvalue weighted by Crippen LogP contribution is -2.25. The number of anilines is 3. The highest BCUT2D eigenvalue weighted by Gasteiger charge is 2.32. The van der Waals surface area contributed by atoms with Crippen molar-refractivity contribution >= 4 is 57.0 Å². The third-order valence-electron chi connectivity index (χ3n) is 8.12. The lowest BCUT2D eigenvalue weighted by Gasteiger charge is -2.35. The van der Waals surface area contributed by atoms with Crippen LogP contribution in [-0.2, 0) is 11.0 Å². The molecule has 0 saturated heterocycles. The first-order valence-electron chi connectivity index (χ1n) is 13.9. The lowest BCUT2D eigenvalue weighted by atomic mass is 9.90. The van der Waals surface area contributed by atoms with Crippen LogP contribution in [0.3, 0.4) is 0 Å². The topological polar surface area (TPSA) is 29.5 Å². The standard InChI is InChI=1S/C37H26NO2P/c39-41(29-14-3-1-4-15-29,30-16-5-2-6-17-30)31-23-21-28(22-24-31)38-33-19-7-8-20-35(33)40-37-32-18-10-12-26-11-9-13-27(36(26)32)25-34(37)38/h1-17,19-25H,18H2. The Bertz CT molecular complexity index is 1970. The Morgan fingerprint density at radius 1 is 0.634 bits per heavy atom. The summed E-state index contributed by atoms with van der Waals surface area (Å²) in [6.07, 6.45) is 5.24. The number of nitrogens with zero attached hydrogens (tertiary/aromatic N) is 1. The molecule has 196 valence electrons. The number of para-hydroxylation sites is 2. The number of benzene rings is 6. The van der Waals surface area contributed by atoms with Crippen molar-refractivity contribution in [3.05, 3.63) is 151 Å². The minimum Gasteiger partial charge on any atom is -0.453 e. The smallest absolute Gasteiger partial charge is 0.171 e. The third-order valence-corrected chi connectivity index (χ3v) is 11.2. The van der Waals surface area contributed by atoms with Gasteiger partial charge in [0.15, 0.2) is 18.6 Å². The van der Waals surface area contributed by atoms with Crippen LogP contribution in [0.2, 0.25) is 0 Å². The second-order valence-electron chi connectivity index (χ2n) is 10.5. The van der Waals surface area contributed by atoms with Crippen LogP contribution in [0.4, 0.5) is 17.1 Å². The van der Waals surface area contributed by atoms with Gasteiger partial charge in [-0.1, -0.05) is 103 Å². The van der Waals surface area contributed by atoms with Crippen LogP contribution in [0.5, 0.6) is 11.5 Å². The van der Waals surface area contributed by atoms with E-state index in [9.17, 15) is 4.57 Å². The molecule has 3 nitrogen and oxygen atoms in total. The van der Waals surface area contributed by atoms with E-state index in [1.54, 1.807) is 0 Å². The highest BCUT2D eigenvalue weighted by molar-refractivity contribution is 7.85. The van der Waals surface area contributed by atoms with Crippen molar-refractivity contribution in [3.63, 3.8) is 0 Å². The monoisotopic (exact) mass is 547 g/mol. The molecule has 6 aromatic carbocycles. The molecule has 6 aromatic rings. The molecule has 0 unspecified atom stereocenters. The highest BCUT2D eigenvalue weighted by Crippen LogP contribution is 2.54. The van der Waals surface area contributed by atoms with Crippen molar-refractivity contribution < 1.29 is 9.30 Å². The van der Waals surface area contributed by atoms with Crippen LogP contribution < -0.4 is 25.6 Å². The highest BCUT2D eigenvalue weighted by atomic mass is 31.2. The first-order valence-corrected chi connectivity index (χ1v) is 15.6. The normalized spacial score (nSPS) is 13.4. The summed E-state index contributed by atoms with van der Waals surface area (Å²) in [5.74, 6) is 1.72. The second kappa shape index (κ2) is 9.37. The average Bonchev–Trinajstić information content (AvgIpc) is 3.05. The van der Waals surface area contributed by atoms with Gasteiger partial charge in [-0.2, -0.15) is 0 Å². The van der Waals surface area contributed by atoms with Crippen LogP contribution in [0.25, 0.3) is 16.8 Å². The van der Waals surface area contributed by atoms with Gasteiger partial charge in [-0.3, -0.25) is 0 Å². The molecule has 0 spiro atoms. The summed E-state index contributed by atoms with van der Waals surface area (Å²) in [5.41, 5.74) is 5.43. The fourth-order valence-electron chi connectivity index (χ4n) is 6.24. The zero-order chi connectivity index (χ0) is 27.4. The van der Waals surface area contributed by atoms with Gasteiger partial charge in [-0.25, -0.2) is 0 Å². The van der Waals surface area contributed by atoms with Gasteiger partial charge in [-0.05, 0) is 65.2 Å². The van der Waals surface area contributed by atoms with Crippen molar-refractivity contribution in [2.45, 2.75) is 6.42 Å². The van der Waals surface area contributed by atoms with E-state index in [2.05, 4.69) is 59.5 Å². The minimum absolute atomic E-state index is 0.809. The van der Waals surface area contributed by atoms with Gasteiger partial charge in [0.25, 0.3) is 0 Å². The zero-order valence-electron chi connectivity index (χ0n) is 22.3. The molecule has 8 rings (SSSR count). The molecule has 0 saturated carbocycles. The Kier molecular flexibility index (Phi) is 5.48. The molecule has 0 radical (unpaired) electrons. The summed E-state index contributed by atoms with van der Waals surface area (Å²) in [4.78, 5) is 2.27. The molecule has 0 N–H and O–H groups in total. The molecule has 0 aromatic heterocycles. The molecule has 1 heterocycles. The molecule has 0 bridgehead atoms. The maximum atomic E-state index is 14.9. The predicted molar refractivity (Wildman–Crippen MR) is 171 cm³/mol. The van der Waals surface area contributed by atoms with Gasteiger partial charge in [0.1, 0.15) is 0 Å². The second-order valence-corrected chi connectivity index (χ2v) is 13.2. The molecule has 1 aliphatic heterocycles. The van der Waals surface area contributed by atoms with E-state index < -0.39 is 7.14 Å². The summed E-state index contributed by atoms with van der Waals surface area (Å²) in [6.45, 7) is 0. The largest absolute Gasteiger partial charge is 0.453 e. The molecule has 41 heavy (non-hydrogen) atoms. The quantitative estimate of drug-likeness (QED) is 0.207. The van der Waals surface area contributed by atoms with Gasteiger partial charge < -0.3 is 14.2 Å². The predicted octanol–water partition coefficient (Wildman–Crippen LogP) is 8.62. The SMILES string of the molecule is O=P(c1ccccc1)(c1ccccc1)c1ccc(N2c3ccccc3Oc3c2cc2cccc4c2c3CC=C4)cc1. The Labute approximate surface area is 239 Å². The molecule has 2 aliphatic rings. The number of allylic oxidation sites excluding steroid dienone is 1. The fraction of sp³-hybridized carbons (Fsp3) is 0.0270. The van der Waals surface area contributed by atoms with E-state index in [0.717, 1.165) is 50.9 Å². The maximum absolute atomic E-state index is 14.9. The van der Waals surface area contributed by atoms with Gasteiger partial charge in [0, 0.05) is 27.2 Å². The van der Waals surface area contributed by atoms with Crippen molar-refractivity contribution in [3.8, 4) is 11.5 Å². The first-order chi connectivity index (χ1) is 20.2. The number of rotatable bonds is 4. The molecular formula is C37H26NO2P. The van der Waals surface area contributed by atoms with Crippen LogP contribution in [-0.4, -0.2) is 0 Å². The van der Waals surface area contributed by atoms with Crippen LogP contribution >= 0.6 is 7.14 Å². The zero-order valence-corrected chi connectivity index (χ0v) is 23.2. The summed E-state index contributed by atoms with van der Waals surface area (Å²) < 4.78 is 21.6. The summed E-state index contributed by atoms with van der Waals surface area (Å²) >= 11 is 0. The van der Waals surface area contributed by atoms with Crippen LogP contribution in [0.1, 0.15) is 11.1 Å². The van der Waals surface area contributed by atoms with E-state index in [1.165, 1.54) is 21.9 Å². The number of hydrogen-bond donors (Lipinski definition) is 0. The van der Waals surface area contributed by atoms with Crippen LogP contribution in [0, 0.1) is 0 Å². The Balaban J connectivity index is 1.31. The molecule has 0 atom stereocenters. The molecular weight excluding hydrogens is 521 g/mol. The summed E-state index contributed by atoms with van der Waals surface area (Å²) in [6, 6.07) is 44.7. The van der Waals surface area contributed by atoms with Crippen molar-refractivity contribution in [1.29, 1.82) is 0 Å². The molecule has 4 heteroatoms. The Morgan fingerprint density at radius 2 is 1.29 bits per heavy atom. The van der Waals surface area contributed by atoms with Gasteiger partial charge in [0.05, 0.1) is 11.4 Å². The number of ether oxygens (including phenoxy) is 1. The van der Waals surface area contributed by atoms with E-state index >= 15 is 0 Å². The number of hydrogen-bond acceptors (Lipinski definition) is 3. The number of fused-ring (bicyclic) bond motifs is 3. The average molecular weight is 548 g/mol. The first kappa shape index (κ1) is 24.0. The lowest BCUT2D eigenvalue weighted by molar-refractivity contribution is 0.473. The molecule has 1 aliphatic carbocycles. The maximum Gasteiger partial charge on any atom is 0.171 e. The summed E-state index contributed by atoms with van der Waals surface area (Å²) in [5, 5.41) is 4.92. The van der Waals surface area contributed by atoms with Crippen molar-refractivity contribution in [1.82, 2.24) is 0 Å². The van der Waals surface area contributed by atoms with Crippen molar-refractivity contribution in [2.75, 3.05) is 4.90 Å². The fourth-order valence-corrected chi connectivity index (χ4v) is 8.88. The Morgan fingerprint density at radius 3 is 2.02 bits per heavy atom. The minimum atomic E-state index is -3.06. The molecule has 0 fully saturated rings. The van der Waals surface area contributed by atoms with Crippen LogP contribution in [0.15, 0.2) is 140 Å². The van der Waals surface area contributed by atoms with Gasteiger partial charge in [0.2, 0.25) is 0 Å².